The number of ether oxygens (including phenoxy) is 1. The monoisotopic (exact) mass is 386 g/mol. The van der Waals surface area contributed by atoms with Gasteiger partial charge in [-0.1, -0.05) is 56.4 Å². The highest BCUT2D eigenvalue weighted by atomic mass is 32.1. The van der Waals surface area contributed by atoms with Crippen molar-refractivity contribution < 1.29 is 9.84 Å². The molecule has 1 aliphatic heterocycles. The summed E-state index contributed by atoms with van der Waals surface area (Å²) < 4.78 is 7.12. The third kappa shape index (κ3) is 3.47. The molecule has 0 amide bonds. The topological polar surface area (TPSA) is 62.9 Å². The Bertz CT molecular complexity index is 910. The highest BCUT2D eigenvalue weighted by molar-refractivity contribution is 7.17. The maximum atomic E-state index is 10.9. The molecule has 1 aromatic carbocycles. The Labute approximate surface area is 163 Å². The molecular formula is C20H26N4O2S. The Kier molecular flexibility index (Phi) is 5.16. The number of aryl methyl sites for hydroxylation is 1. The third-order valence-corrected chi connectivity index (χ3v) is 6.21. The first-order valence-electron chi connectivity index (χ1n) is 9.57. The van der Waals surface area contributed by atoms with E-state index in [1.807, 2.05) is 6.92 Å². The van der Waals surface area contributed by atoms with Gasteiger partial charge in [-0.25, -0.2) is 4.98 Å². The Hall–Kier alpha value is -1.96. The van der Waals surface area contributed by atoms with E-state index in [0.29, 0.717) is 19.1 Å². The van der Waals surface area contributed by atoms with Gasteiger partial charge in [-0.15, -0.1) is 5.10 Å². The summed E-state index contributed by atoms with van der Waals surface area (Å²) in [5.74, 6) is 1.45. The first kappa shape index (κ1) is 18.4. The maximum absolute atomic E-state index is 10.9. The highest BCUT2D eigenvalue weighted by Crippen LogP contribution is 2.40. The molecule has 27 heavy (non-hydrogen) atoms. The molecule has 2 aromatic heterocycles. The van der Waals surface area contributed by atoms with Gasteiger partial charge >= 0.3 is 0 Å². The lowest BCUT2D eigenvalue weighted by molar-refractivity contribution is 0.0241. The van der Waals surface area contributed by atoms with E-state index in [9.17, 15) is 5.11 Å². The fourth-order valence-electron chi connectivity index (χ4n) is 3.55. The van der Waals surface area contributed by atoms with Gasteiger partial charge in [-0.3, -0.25) is 4.90 Å². The molecule has 0 radical (unpaired) electrons. The Balaban J connectivity index is 1.77. The van der Waals surface area contributed by atoms with Crippen LogP contribution in [0.5, 0.6) is 5.88 Å². The van der Waals surface area contributed by atoms with Crippen LogP contribution < -0.4 is 0 Å². The number of benzene rings is 1. The van der Waals surface area contributed by atoms with E-state index in [1.54, 1.807) is 4.52 Å². The molecule has 0 spiro atoms. The summed E-state index contributed by atoms with van der Waals surface area (Å²) in [5.41, 5.74) is 2.50. The zero-order chi connectivity index (χ0) is 19.0. The van der Waals surface area contributed by atoms with Gasteiger partial charge in [0.1, 0.15) is 0 Å². The van der Waals surface area contributed by atoms with Crippen LogP contribution in [0.4, 0.5) is 0 Å². The van der Waals surface area contributed by atoms with Crippen LogP contribution in [0.25, 0.3) is 4.96 Å². The number of hydrogen-bond acceptors (Lipinski definition) is 6. The lowest BCUT2D eigenvalue weighted by Gasteiger charge is -2.34. The van der Waals surface area contributed by atoms with Crippen molar-refractivity contribution in [3.05, 3.63) is 46.1 Å². The number of fused-ring (bicyclic) bond motifs is 1. The second-order valence-electron chi connectivity index (χ2n) is 7.24. The molecule has 0 bridgehead atoms. The van der Waals surface area contributed by atoms with Crippen LogP contribution in [-0.4, -0.2) is 50.9 Å². The van der Waals surface area contributed by atoms with Crippen LogP contribution in [0.15, 0.2) is 24.3 Å². The minimum atomic E-state index is -0.0197. The first-order chi connectivity index (χ1) is 13.1. The summed E-state index contributed by atoms with van der Waals surface area (Å²) >= 11 is 1.52. The number of rotatable bonds is 5. The molecule has 6 nitrogen and oxygen atoms in total. The SMILES string of the molecule is CCc1nc2sc(C(c3ccc(C(C)C)cc3)N3CCOCC3)c(O)n2n1. The molecule has 3 heterocycles. The lowest BCUT2D eigenvalue weighted by Crippen LogP contribution is -2.39. The summed E-state index contributed by atoms with van der Waals surface area (Å²) in [6, 6.07) is 8.73. The van der Waals surface area contributed by atoms with Crippen LogP contribution in [0.3, 0.4) is 0 Å². The quantitative estimate of drug-likeness (QED) is 0.726. The zero-order valence-electron chi connectivity index (χ0n) is 16.1. The summed E-state index contributed by atoms with van der Waals surface area (Å²) in [5, 5.41) is 15.3. The van der Waals surface area contributed by atoms with Gasteiger partial charge in [0, 0.05) is 19.5 Å². The van der Waals surface area contributed by atoms with Crippen molar-refractivity contribution in [2.24, 2.45) is 0 Å². The van der Waals surface area contributed by atoms with E-state index in [-0.39, 0.29) is 11.9 Å². The van der Waals surface area contributed by atoms with Gasteiger partial charge in [-0.05, 0) is 17.0 Å². The minimum Gasteiger partial charge on any atom is -0.492 e. The number of nitrogens with zero attached hydrogens (tertiary/aromatic N) is 4. The van der Waals surface area contributed by atoms with Gasteiger partial charge in [-0.2, -0.15) is 4.52 Å². The summed E-state index contributed by atoms with van der Waals surface area (Å²) in [6.07, 6.45) is 0.757. The van der Waals surface area contributed by atoms with Crippen LogP contribution in [0, 0.1) is 0 Å². The van der Waals surface area contributed by atoms with Crippen molar-refractivity contribution in [1.29, 1.82) is 0 Å². The van der Waals surface area contributed by atoms with E-state index in [0.717, 1.165) is 35.2 Å². The number of thiazole rings is 1. The maximum Gasteiger partial charge on any atom is 0.230 e. The van der Waals surface area contributed by atoms with Crippen molar-refractivity contribution in [2.45, 2.75) is 39.2 Å². The van der Waals surface area contributed by atoms with Crippen LogP contribution in [0.1, 0.15) is 54.6 Å². The van der Waals surface area contributed by atoms with Crippen LogP contribution in [-0.2, 0) is 11.2 Å². The van der Waals surface area contributed by atoms with E-state index in [4.69, 9.17) is 4.74 Å². The Morgan fingerprint density at radius 1 is 1.15 bits per heavy atom. The number of hydrogen-bond donors (Lipinski definition) is 1. The standard InChI is InChI=1S/C20H26N4O2S/c1-4-16-21-20-24(22-16)19(25)18(27-20)17(23-9-11-26-12-10-23)15-7-5-14(6-8-15)13(2)3/h5-8,13,17,25H,4,9-12H2,1-3H3. The molecule has 4 rings (SSSR count). The molecule has 0 aliphatic carbocycles. The van der Waals surface area contributed by atoms with Crippen molar-refractivity contribution in [1.82, 2.24) is 19.5 Å². The molecule has 1 unspecified atom stereocenters. The lowest BCUT2D eigenvalue weighted by atomic mass is 9.97. The molecule has 1 aliphatic rings. The van der Waals surface area contributed by atoms with Gasteiger partial charge in [0.15, 0.2) is 5.82 Å². The van der Waals surface area contributed by atoms with E-state index in [2.05, 4.69) is 53.1 Å². The predicted octanol–water partition coefficient (Wildman–Crippen LogP) is 3.60. The summed E-state index contributed by atoms with van der Waals surface area (Å²) in [6.45, 7) is 9.51. The largest absolute Gasteiger partial charge is 0.492 e. The molecule has 1 atom stereocenters. The first-order valence-corrected chi connectivity index (χ1v) is 10.4. The molecular weight excluding hydrogens is 360 g/mol. The van der Waals surface area contributed by atoms with Crippen molar-refractivity contribution >= 4 is 16.3 Å². The van der Waals surface area contributed by atoms with E-state index < -0.39 is 0 Å². The Morgan fingerprint density at radius 3 is 2.41 bits per heavy atom. The molecule has 0 saturated carbocycles. The number of morpholine rings is 1. The average Bonchev–Trinajstić information content (AvgIpc) is 3.23. The fraction of sp³-hybridized carbons (Fsp3) is 0.500. The summed E-state index contributed by atoms with van der Waals surface area (Å²) in [7, 11) is 0. The van der Waals surface area contributed by atoms with Crippen molar-refractivity contribution in [2.75, 3.05) is 26.3 Å². The smallest absolute Gasteiger partial charge is 0.230 e. The van der Waals surface area contributed by atoms with Gasteiger partial charge in [0.25, 0.3) is 0 Å². The highest BCUT2D eigenvalue weighted by Gasteiger charge is 2.30. The third-order valence-electron chi connectivity index (χ3n) is 5.14. The molecule has 1 fully saturated rings. The molecule has 3 aromatic rings. The predicted molar refractivity (Wildman–Crippen MR) is 107 cm³/mol. The van der Waals surface area contributed by atoms with Crippen molar-refractivity contribution in [3.8, 4) is 5.88 Å². The molecule has 144 valence electrons. The van der Waals surface area contributed by atoms with Gasteiger partial charge < -0.3 is 9.84 Å². The van der Waals surface area contributed by atoms with Crippen LogP contribution in [0.2, 0.25) is 0 Å². The second kappa shape index (κ2) is 7.58. The fourth-order valence-corrected chi connectivity index (χ4v) is 4.68. The van der Waals surface area contributed by atoms with Crippen LogP contribution >= 0.6 is 11.3 Å². The molecule has 7 heteroatoms. The zero-order valence-corrected chi connectivity index (χ0v) is 16.9. The summed E-state index contributed by atoms with van der Waals surface area (Å²) in [4.78, 5) is 8.55. The number of aromatic hydroxyl groups is 1. The Morgan fingerprint density at radius 2 is 1.81 bits per heavy atom. The number of aromatic nitrogens is 3. The average molecular weight is 387 g/mol. The normalized spacial score (nSPS) is 17.0. The van der Waals surface area contributed by atoms with Gasteiger partial charge in [0.05, 0.1) is 24.1 Å². The molecule has 1 saturated heterocycles. The second-order valence-corrected chi connectivity index (χ2v) is 8.25. The molecule has 1 N–H and O–H groups in total. The van der Waals surface area contributed by atoms with Crippen molar-refractivity contribution in [3.63, 3.8) is 0 Å². The van der Waals surface area contributed by atoms with Gasteiger partial charge in [0.2, 0.25) is 10.8 Å². The minimum absolute atomic E-state index is 0.0197. The van der Waals surface area contributed by atoms with E-state index in [1.165, 1.54) is 22.5 Å². The van der Waals surface area contributed by atoms with E-state index >= 15 is 0 Å².